The van der Waals surface area contributed by atoms with Crippen molar-refractivity contribution in [2.24, 2.45) is 0 Å². The van der Waals surface area contributed by atoms with Crippen molar-refractivity contribution in [2.45, 2.75) is 4.90 Å². The Morgan fingerprint density at radius 3 is 2.76 bits per heavy atom. The number of nitrogens with one attached hydrogen (secondary N) is 2. The summed E-state index contributed by atoms with van der Waals surface area (Å²) in [6.45, 7) is 0. The van der Waals surface area contributed by atoms with Gasteiger partial charge in [-0.05, 0) is 24.3 Å². The van der Waals surface area contributed by atoms with Crippen molar-refractivity contribution in [2.75, 3.05) is 11.1 Å². The van der Waals surface area contributed by atoms with E-state index in [1.165, 1.54) is 11.8 Å². The molecule has 1 amide bonds. The van der Waals surface area contributed by atoms with E-state index in [1.807, 2.05) is 12.1 Å². The second-order valence-corrected chi connectivity index (χ2v) is 4.75. The lowest BCUT2D eigenvalue weighted by Crippen LogP contribution is -2.14. The molecule has 0 spiro atoms. The summed E-state index contributed by atoms with van der Waals surface area (Å²) in [4.78, 5) is 12.6. The number of carbonyl (C=O) groups is 1. The molecule has 1 aromatic heterocycles. The first-order chi connectivity index (χ1) is 8.24. The highest BCUT2D eigenvalue weighted by Gasteiger charge is 2.04. The Kier molecular flexibility index (Phi) is 4.06. The molecule has 2 N–H and O–H groups in total. The molecule has 4 nitrogen and oxygen atoms in total. The maximum Gasteiger partial charge on any atom is 0.235 e. The summed E-state index contributed by atoms with van der Waals surface area (Å²) in [6, 6.07) is 9.07. The van der Waals surface area contributed by atoms with E-state index in [0.29, 0.717) is 16.6 Å². The average molecular weight is 268 g/mol. The zero-order valence-electron chi connectivity index (χ0n) is 8.81. The molecule has 2 rings (SSSR count). The van der Waals surface area contributed by atoms with Gasteiger partial charge in [-0.3, -0.25) is 9.89 Å². The fourth-order valence-electron chi connectivity index (χ4n) is 1.19. The lowest BCUT2D eigenvalue weighted by molar-refractivity contribution is -0.113. The average Bonchev–Trinajstić information content (AvgIpc) is 2.81. The number of halogens is 1. The summed E-state index contributed by atoms with van der Waals surface area (Å²) in [7, 11) is 0. The number of thioether (sulfide) groups is 1. The maximum atomic E-state index is 11.5. The van der Waals surface area contributed by atoms with Crippen LogP contribution in [-0.4, -0.2) is 21.9 Å². The highest BCUT2D eigenvalue weighted by Crippen LogP contribution is 2.20. The molecule has 1 heterocycles. The van der Waals surface area contributed by atoms with Crippen molar-refractivity contribution in [1.82, 2.24) is 10.2 Å². The third-order valence-electron chi connectivity index (χ3n) is 1.96. The minimum absolute atomic E-state index is 0.0748. The lowest BCUT2D eigenvalue weighted by atomic mass is 10.4. The number of rotatable bonds is 4. The van der Waals surface area contributed by atoms with Gasteiger partial charge in [0.15, 0.2) is 0 Å². The Morgan fingerprint density at radius 2 is 2.12 bits per heavy atom. The van der Waals surface area contributed by atoms with E-state index in [9.17, 15) is 4.79 Å². The van der Waals surface area contributed by atoms with Crippen LogP contribution >= 0.6 is 23.4 Å². The van der Waals surface area contributed by atoms with Crippen LogP contribution in [0.5, 0.6) is 0 Å². The summed E-state index contributed by atoms with van der Waals surface area (Å²) < 4.78 is 0. The van der Waals surface area contributed by atoms with Gasteiger partial charge in [-0.15, -0.1) is 11.8 Å². The van der Waals surface area contributed by atoms with E-state index >= 15 is 0 Å². The predicted molar refractivity (Wildman–Crippen MR) is 69.4 cm³/mol. The maximum absolute atomic E-state index is 11.5. The smallest absolute Gasteiger partial charge is 0.235 e. The molecule has 0 radical (unpaired) electrons. The summed E-state index contributed by atoms with van der Waals surface area (Å²) in [5, 5.41) is 9.80. The Labute approximate surface area is 108 Å². The molecule has 0 aliphatic heterocycles. The van der Waals surface area contributed by atoms with Crippen molar-refractivity contribution in [1.29, 1.82) is 0 Å². The van der Waals surface area contributed by atoms with Gasteiger partial charge in [-0.25, -0.2) is 0 Å². The van der Waals surface area contributed by atoms with Crippen molar-refractivity contribution in [3.8, 4) is 0 Å². The molecule has 0 saturated heterocycles. The zero-order chi connectivity index (χ0) is 12.1. The van der Waals surface area contributed by atoms with Gasteiger partial charge in [-0.1, -0.05) is 11.6 Å². The minimum Gasteiger partial charge on any atom is -0.310 e. The Bertz CT molecular complexity index is 484. The van der Waals surface area contributed by atoms with Gasteiger partial charge in [0.1, 0.15) is 5.82 Å². The minimum atomic E-state index is -0.0748. The summed E-state index contributed by atoms with van der Waals surface area (Å²) >= 11 is 7.22. The molecule has 2 aromatic rings. The van der Waals surface area contributed by atoms with Crippen LogP contribution in [0.3, 0.4) is 0 Å². The SMILES string of the molecule is O=C(CSc1ccc(Cl)cc1)Nc1ccn[nH]1. The number of hydrogen-bond acceptors (Lipinski definition) is 3. The number of carbonyl (C=O) groups excluding carboxylic acids is 1. The molecule has 0 aliphatic rings. The molecule has 0 saturated carbocycles. The van der Waals surface area contributed by atoms with Gasteiger partial charge in [0, 0.05) is 16.0 Å². The van der Waals surface area contributed by atoms with E-state index in [4.69, 9.17) is 11.6 Å². The van der Waals surface area contributed by atoms with Crippen molar-refractivity contribution in [3.05, 3.63) is 41.6 Å². The molecule has 17 heavy (non-hydrogen) atoms. The van der Waals surface area contributed by atoms with Crippen LogP contribution in [0.25, 0.3) is 0 Å². The molecular formula is C11H10ClN3OS. The Morgan fingerprint density at radius 1 is 1.35 bits per heavy atom. The number of benzene rings is 1. The fourth-order valence-corrected chi connectivity index (χ4v) is 2.02. The number of nitrogens with zero attached hydrogens (tertiary/aromatic N) is 1. The number of H-pyrrole nitrogens is 1. The summed E-state index contributed by atoms with van der Waals surface area (Å²) in [5.74, 6) is 0.876. The molecule has 0 aliphatic carbocycles. The van der Waals surface area contributed by atoms with Crippen LogP contribution in [0.2, 0.25) is 5.02 Å². The van der Waals surface area contributed by atoms with E-state index < -0.39 is 0 Å². The van der Waals surface area contributed by atoms with E-state index in [-0.39, 0.29) is 5.91 Å². The number of hydrogen-bond donors (Lipinski definition) is 2. The molecule has 0 atom stereocenters. The monoisotopic (exact) mass is 267 g/mol. The summed E-state index contributed by atoms with van der Waals surface area (Å²) in [6.07, 6.45) is 1.59. The fraction of sp³-hybridized carbons (Fsp3) is 0.0909. The second kappa shape index (κ2) is 5.75. The van der Waals surface area contributed by atoms with Gasteiger partial charge in [-0.2, -0.15) is 5.10 Å². The third-order valence-corrected chi connectivity index (χ3v) is 3.22. The van der Waals surface area contributed by atoms with Gasteiger partial charge in [0.05, 0.1) is 11.9 Å². The Hall–Kier alpha value is -1.46. The highest BCUT2D eigenvalue weighted by atomic mass is 35.5. The Balaban J connectivity index is 1.82. The third kappa shape index (κ3) is 3.80. The molecule has 0 fully saturated rings. The molecule has 0 bridgehead atoms. The molecular weight excluding hydrogens is 258 g/mol. The van der Waals surface area contributed by atoms with Gasteiger partial charge in [0.25, 0.3) is 0 Å². The number of amides is 1. The first-order valence-corrected chi connectivity index (χ1v) is 6.28. The highest BCUT2D eigenvalue weighted by molar-refractivity contribution is 8.00. The molecule has 1 aromatic carbocycles. The van der Waals surface area contributed by atoms with Crippen LogP contribution in [0.1, 0.15) is 0 Å². The number of aromatic nitrogens is 2. The second-order valence-electron chi connectivity index (χ2n) is 3.26. The van der Waals surface area contributed by atoms with E-state index in [1.54, 1.807) is 24.4 Å². The first kappa shape index (κ1) is 12.0. The lowest BCUT2D eigenvalue weighted by Gasteiger charge is -2.02. The topological polar surface area (TPSA) is 57.8 Å². The number of aromatic amines is 1. The van der Waals surface area contributed by atoms with Crippen molar-refractivity contribution in [3.63, 3.8) is 0 Å². The summed E-state index contributed by atoms with van der Waals surface area (Å²) in [5.41, 5.74) is 0. The zero-order valence-corrected chi connectivity index (χ0v) is 10.4. The molecule has 6 heteroatoms. The normalized spacial score (nSPS) is 10.2. The first-order valence-electron chi connectivity index (χ1n) is 4.91. The van der Waals surface area contributed by atoms with Gasteiger partial charge >= 0.3 is 0 Å². The predicted octanol–water partition coefficient (Wildman–Crippen LogP) is 2.79. The van der Waals surface area contributed by atoms with Crippen LogP contribution < -0.4 is 5.32 Å². The quantitative estimate of drug-likeness (QED) is 0.838. The molecule has 0 unspecified atom stereocenters. The largest absolute Gasteiger partial charge is 0.310 e. The van der Waals surface area contributed by atoms with Crippen LogP contribution in [0.4, 0.5) is 5.82 Å². The van der Waals surface area contributed by atoms with Crippen LogP contribution in [0, 0.1) is 0 Å². The van der Waals surface area contributed by atoms with Crippen molar-refractivity contribution >= 4 is 35.1 Å². The standard InChI is InChI=1S/C11H10ClN3OS/c12-8-1-3-9(4-2-8)17-7-11(16)14-10-5-6-13-15-10/h1-6H,7H2,(H2,13,14,15,16). The van der Waals surface area contributed by atoms with Crippen LogP contribution in [0.15, 0.2) is 41.4 Å². The number of anilines is 1. The van der Waals surface area contributed by atoms with Gasteiger partial charge < -0.3 is 5.32 Å². The van der Waals surface area contributed by atoms with Crippen LogP contribution in [-0.2, 0) is 4.79 Å². The van der Waals surface area contributed by atoms with Gasteiger partial charge in [0.2, 0.25) is 5.91 Å². The molecule has 88 valence electrons. The van der Waals surface area contributed by atoms with E-state index in [2.05, 4.69) is 15.5 Å². The van der Waals surface area contributed by atoms with Crippen molar-refractivity contribution < 1.29 is 4.79 Å². The van der Waals surface area contributed by atoms with E-state index in [0.717, 1.165) is 4.90 Å².